The number of nitrogens with zero attached hydrogens (tertiary/aromatic N) is 1. The zero-order valence-electron chi connectivity index (χ0n) is 10.4. The van der Waals surface area contributed by atoms with Crippen LogP contribution in [0, 0.1) is 0 Å². The predicted molar refractivity (Wildman–Crippen MR) is 82.3 cm³/mol. The molecule has 0 spiro atoms. The van der Waals surface area contributed by atoms with Gasteiger partial charge in [-0.15, -0.1) is 0 Å². The maximum atomic E-state index is 12.4. The average molecular weight is 314 g/mol. The molecule has 0 saturated heterocycles. The lowest BCUT2D eigenvalue weighted by molar-refractivity contribution is 0.909. The van der Waals surface area contributed by atoms with Crippen LogP contribution in [0.2, 0.25) is 0 Å². The van der Waals surface area contributed by atoms with E-state index in [1.54, 1.807) is 4.57 Å². The number of para-hydroxylation sites is 1. The molecule has 0 N–H and O–H groups in total. The number of rotatable bonds is 1. The summed E-state index contributed by atoms with van der Waals surface area (Å²) in [6.07, 6.45) is 0. The third-order valence-corrected chi connectivity index (χ3v) is 3.82. The van der Waals surface area contributed by atoms with Crippen molar-refractivity contribution < 1.29 is 0 Å². The second-order valence-electron chi connectivity index (χ2n) is 4.49. The summed E-state index contributed by atoms with van der Waals surface area (Å²) >= 11 is 3.41. The Morgan fingerprint density at radius 1 is 1.00 bits per heavy atom. The van der Waals surface area contributed by atoms with E-state index in [1.807, 2.05) is 61.6 Å². The van der Waals surface area contributed by atoms with E-state index in [4.69, 9.17) is 0 Å². The van der Waals surface area contributed by atoms with Gasteiger partial charge in [-0.2, -0.15) is 0 Å². The maximum absolute atomic E-state index is 12.4. The van der Waals surface area contributed by atoms with Gasteiger partial charge < -0.3 is 4.57 Å². The molecule has 94 valence electrons. The molecular formula is C16H12BrNO. The van der Waals surface area contributed by atoms with Gasteiger partial charge in [-0.05, 0) is 35.2 Å². The van der Waals surface area contributed by atoms with Crippen molar-refractivity contribution in [1.29, 1.82) is 0 Å². The van der Waals surface area contributed by atoms with E-state index in [1.165, 1.54) is 0 Å². The van der Waals surface area contributed by atoms with Gasteiger partial charge in [0.15, 0.2) is 0 Å². The van der Waals surface area contributed by atoms with Crippen molar-refractivity contribution in [2.45, 2.75) is 0 Å². The zero-order chi connectivity index (χ0) is 13.4. The number of hydrogen-bond acceptors (Lipinski definition) is 1. The van der Waals surface area contributed by atoms with E-state index < -0.39 is 0 Å². The monoisotopic (exact) mass is 313 g/mol. The molecule has 0 aliphatic rings. The van der Waals surface area contributed by atoms with Crippen LogP contribution in [-0.2, 0) is 7.05 Å². The van der Waals surface area contributed by atoms with Crippen LogP contribution in [0.25, 0.3) is 22.0 Å². The summed E-state index contributed by atoms with van der Waals surface area (Å²) in [4.78, 5) is 12.4. The van der Waals surface area contributed by atoms with Gasteiger partial charge in [-0.3, -0.25) is 4.79 Å². The molecule has 0 aliphatic heterocycles. The normalized spacial score (nSPS) is 10.8. The molecule has 0 saturated carbocycles. The summed E-state index contributed by atoms with van der Waals surface area (Å²) in [6.45, 7) is 0. The average Bonchev–Trinajstić information content (AvgIpc) is 2.44. The van der Waals surface area contributed by atoms with Crippen molar-refractivity contribution in [3.8, 4) is 11.1 Å². The van der Waals surface area contributed by atoms with Crippen LogP contribution >= 0.6 is 15.9 Å². The van der Waals surface area contributed by atoms with Gasteiger partial charge in [0, 0.05) is 17.1 Å². The number of benzene rings is 2. The molecule has 0 radical (unpaired) electrons. The van der Waals surface area contributed by atoms with Crippen LogP contribution in [0.3, 0.4) is 0 Å². The summed E-state index contributed by atoms with van der Waals surface area (Å²) in [5, 5.41) is 1.07. The van der Waals surface area contributed by atoms with E-state index in [9.17, 15) is 4.79 Å². The smallest absolute Gasteiger partial charge is 0.258 e. The van der Waals surface area contributed by atoms with E-state index in [0.717, 1.165) is 26.5 Å². The van der Waals surface area contributed by atoms with Crippen molar-refractivity contribution in [3.05, 3.63) is 69.4 Å². The number of aromatic nitrogens is 1. The van der Waals surface area contributed by atoms with Crippen LogP contribution in [-0.4, -0.2) is 4.57 Å². The second-order valence-corrected chi connectivity index (χ2v) is 5.40. The first-order valence-corrected chi connectivity index (χ1v) is 6.81. The molecular weight excluding hydrogens is 302 g/mol. The largest absolute Gasteiger partial charge is 0.311 e. The Morgan fingerprint density at radius 2 is 1.68 bits per heavy atom. The van der Waals surface area contributed by atoms with E-state index in [-0.39, 0.29) is 5.56 Å². The van der Waals surface area contributed by atoms with E-state index >= 15 is 0 Å². The highest BCUT2D eigenvalue weighted by Crippen LogP contribution is 2.22. The first-order chi connectivity index (χ1) is 9.16. The molecule has 3 rings (SSSR count). The van der Waals surface area contributed by atoms with Crippen LogP contribution in [0.5, 0.6) is 0 Å². The van der Waals surface area contributed by atoms with Gasteiger partial charge in [-0.25, -0.2) is 0 Å². The minimum absolute atomic E-state index is 0.0287. The fourth-order valence-electron chi connectivity index (χ4n) is 2.26. The lowest BCUT2D eigenvalue weighted by Gasteiger charge is -2.08. The van der Waals surface area contributed by atoms with Crippen molar-refractivity contribution in [2.24, 2.45) is 7.05 Å². The van der Waals surface area contributed by atoms with Crippen LogP contribution in [0.1, 0.15) is 0 Å². The SMILES string of the molecule is Cn1c(=O)c(-c2ccc(Br)cc2)cc2ccccc21. The van der Waals surface area contributed by atoms with Crippen LogP contribution in [0.4, 0.5) is 0 Å². The quantitative estimate of drug-likeness (QED) is 0.666. The highest BCUT2D eigenvalue weighted by Gasteiger charge is 2.08. The molecule has 19 heavy (non-hydrogen) atoms. The fraction of sp³-hybridized carbons (Fsp3) is 0.0625. The van der Waals surface area contributed by atoms with E-state index in [0.29, 0.717) is 0 Å². The Kier molecular flexibility index (Phi) is 2.99. The van der Waals surface area contributed by atoms with Gasteiger partial charge in [0.05, 0.1) is 5.52 Å². The molecule has 0 amide bonds. The van der Waals surface area contributed by atoms with E-state index in [2.05, 4.69) is 15.9 Å². The molecule has 1 heterocycles. The third-order valence-electron chi connectivity index (χ3n) is 3.29. The molecule has 0 bridgehead atoms. The summed E-state index contributed by atoms with van der Waals surface area (Å²) in [7, 11) is 1.81. The lowest BCUT2D eigenvalue weighted by atomic mass is 10.0. The zero-order valence-corrected chi connectivity index (χ0v) is 12.0. The van der Waals surface area contributed by atoms with Gasteiger partial charge in [-0.1, -0.05) is 46.3 Å². The molecule has 0 fully saturated rings. The third kappa shape index (κ3) is 2.10. The van der Waals surface area contributed by atoms with Crippen LogP contribution < -0.4 is 5.56 Å². The maximum Gasteiger partial charge on any atom is 0.258 e. The lowest BCUT2D eigenvalue weighted by Crippen LogP contribution is -2.18. The Labute approximate surface area is 119 Å². The van der Waals surface area contributed by atoms with Crippen molar-refractivity contribution in [2.75, 3.05) is 0 Å². The number of hydrogen-bond donors (Lipinski definition) is 0. The minimum Gasteiger partial charge on any atom is -0.311 e. The molecule has 3 aromatic rings. The Hall–Kier alpha value is -1.87. The fourth-order valence-corrected chi connectivity index (χ4v) is 2.52. The van der Waals surface area contributed by atoms with Crippen molar-refractivity contribution in [3.63, 3.8) is 0 Å². The second kappa shape index (κ2) is 4.67. The molecule has 3 heteroatoms. The molecule has 2 aromatic carbocycles. The van der Waals surface area contributed by atoms with Gasteiger partial charge in [0.25, 0.3) is 5.56 Å². The summed E-state index contributed by atoms with van der Waals surface area (Å²) in [6, 6.07) is 17.7. The van der Waals surface area contributed by atoms with Gasteiger partial charge in [0.2, 0.25) is 0 Å². The first kappa shape index (κ1) is 12.2. The number of fused-ring (bicyclic) bond motifs is 1. The summed E-state index contributed by atoms with van der Waals surface area (Å²) in [5.74, 6) is 0. The van der Waals surface area contributed by atoms with Crippen molar-refractivity contribution in [1.82, 2.24) is 4.57 Å². The topological polar surface area (TPSA) is 22.0 Å². The number of aryl methyl sites for hydroxylation is 1. The predicted octanol–water partition coefficient (Wildman–Crippen LogP) is 3.97. The molecule has 2 nitrogen and oxygen atoms in total. The van der Waals surface area contributed by atoms with Gasteiger partial charge >= 0.3 is 0 Å². The standard InChI is InChI=1S/C16H12BrNO/c1-18-15-5-3-2-4-12(15)10-14(16(18)19)11-6-8-13(17)9-7-11/h2-10H,1H3. The number of halogens is 1. The Bertz CT molecular complexity index is 803. The number of pyridine rings is 1. The highest BCUT2D eigenvalue weighted by atomic mass is 79.9. The summed E-state index contributed by atoms with van der Waals surface area (Å²) in [5.41, 5.74) is 2.65. The summed E-state index contributed by atoms with van der Waals surface area (Å²) < 4.78 is 2.71. The Balaban J connectivity index is 2.33. The molecule has 0 aliphatic carbocycles. The van der Waals surface area contributed by atoms with Crippen molar-refractivity contribution >= 4 is 26.8 Å². The van der Waals surface area contributed by atoms with Crippen LogP contribution in [0.15, 0.2) is 63.9 Å². The molecule has 1 aromatic heterocycles. The highest BCUT2D eigenvalue weighted by molar-refractivity contribution is 9.10. The first-order valence-electron chi connectivity index (χ1n) is 6.01. The Morgan fingerprint density at radius 3 is 2.42 bits per heavy atom. The minimum atomic E-state index is 0.0287. The van der Waals surface area contributed by atoms with Gasteiger partial charge in [0.1, 0.15) is 0 Å². The molecule has 0 unspecified atom stereocenters. The molecule has 0 atom stereocenters.